The predicted molar refractivity (Wildman–Crippen MR) is 79.4 cm³/mol. The quantitative estimate of drug-likeness (QED) is 0.853. The van der Waals surface area contributed by atoms with Crippen LogP contribution >= 0.6 is 0 Å². The number of benzene rings is 1. The molecule has 2 aromatic rings. The van der Waals surface area contributed by atoms with E-state index in [1.807, 2.05) is 31.3 Å². The molecule has 0 bridgehead atoms. The van der Waals surface area contributed by atoms with Crippen LogP contribution in [0, 0.1) is 6.92 Å². The molecule has 1 heterocycles. The molecular formula is C16H20N2O2. The van der Waals surface area contributed by atoms with Crippen LogP contribution in [0.4, 0.5) is 0 Å². The van der Waals surface area contributed by atoms with Gasteiger partial charge < -0.3 is 9.47 Å². The summed E-state index contributed by atoms with van der Waals surface area (Å²) < 4.78 is 10.6. The Morgan fingerprint density at radius 3 is 2.35 bits per heavy atom. The molecule has 0 aliphatic carbocycles. The molecule has 0 aliphatic heterocycles. The Kier molecular flexibility index (Phi) is 4.23. The lowest BCUT2D eigenvalue weighted by molar-refractivity contribution is 0.355. The lowest BCUT2D eigenvalue weighted by Crippen LogP contribution is -2.01. The van der Waals surface area contributed by atoms with Gasteiger partial charge in [-0.05, 0) is 30.5 Å². The van der Waals surface area contributed by atoms with Gasteiger partial charge in [0.2, 0.25) is 0 Å². The van der Waals surface area contributed by atoms with Crippen molar-refractivity contribution in [2.75, 3.05) is 14.2 Å². The van der Waals surface area contributed by atoms with Crippen LogP contribution in [0.1, 0.15) is 31.3 Å². The van der Waals surface area contributed by atoms with Crippen LogP contribution in [-0.2, 0) is 0 Å². The zero-order valence-electron chi connectivity index (χ0n) is 12.6. The number of nitrogens with zero attached hydrogens (tertiary/aromatic N) is 2. The normalized spacial score (nSPS) is 10.7. The molecule has 0 unspecified atom stereocenters. The first-order valence-corrected chi connectivity index (χ1v) is 6.62. The number of aryl methyl sites for hydroxylation is 1. The van der Waals surface area contributed by atoms with Gasteiger partial charge in [-0.1, -0.05) is 19.9 Å². The number of aromatic nitrogens is 2. The second kappa shape index (κ2) is 5.90. The van der Waals surface area contributed by atoms with Gasteiger partial charge in [0.05, 0.1) is 19.9 Å². The third-order valence-electron chi connectivity index (χ3n) is 3.18. The fourth-order valence-electron chi connectivity index (χ4n) is 2.15. The maximum atomic E-state index is 5.36. The van der Waals surface area contributed by atoms with Gasteiger partial charge in [-0.25, -0.2) is 9.97 Å². The molecule has 4 nitrogen and oxygen atoms in total. The predicted octanol–water partition coefficient (Wildman–Crippen LogP) is 3.59. The number of rotatable bonds is 4. The second-order valence-corrected chi connectivity index (χ2v) is 4.94. The molecule has 0 N–H and O–H groups in total. The summed E-state index contributed by atoms with van der Waals surface area (Å²) in [5, 5.41) is 0. The van der Waals surface area contributed by atoms with Crippen molar-refractivity contribution in [3.8, 4) is 22.6 Å². The molecule has 1 aromatic heterocycles. The van der Waals surface area contributed by atoms with E-state index in [1.54, 1.807) is 14.2 Å². The highest BCUT2D eigenvalue weighted by molar-refractivity contribution is 5.69. The van der Waals surface area contributed by atoms with Crippen molar-refractivity contribution in [2.24, 2.45) is 0 Å². The topological polar surface area (TPSA) is 44.2 Å². The van der Waals surface area contributed by atoms with Crippen molar-refractivity contribution in [1.82, 2.24) is 9.97 Å². The molecule has 0 aliphatic rings. The first-order chi connectivity index (χ1) is 9.56. The molecular weight excluding hydrogens is 252 g/mol. The molecule has 0 atom stereocenters. The smallest absolute Gasteiger partial charge is 0.161 e. The molecule has 0 spiro atoms. The molecule has 2 rings (SSSR count). The molecule has 0 amide bonds. The molecule has 1 aromatic carbocycles. The van der Waals surface area contributed by atoms with E-state index in [1.165, 1.54) is 0 Å². The van der Waals surface area contributed by atoms with Gasteiger partial charge in [0.15, 0.2) is 11.5 Å². The van der Waals surface area contributed by atoms with Crippen molar-refractivity contribution in [3.63, 3.8) is 0 Å². The van der Waals surface area contributed by atoms with Crippen molar-refractivity contribution in [2.45, 2.75) is 26.7 Å². The van der Waals surface area contributed by atoms with Crippen molar-refractivity contribution < 1.29 is 9.47 Å². The number of methoxy groups -OCH3 is 2. The summed E-state index contributed by atoms with van der Waals surface area (Å²) in [5.41, 5.74) is 3.11. The number of ether oxygens (including phenoxy) is 2. The first kappa shape index (κ1) is 14.3. The van der Waals surface area contributed by atoms with E-state index < -0.39 is 0 Å². The minimum absolute atomic E-state index is 0.333. The van der Waals surface area contributed by atoms with Crippen molar-refractivity contribution in [3.05, 3.63) is 35.9 Å². The largest absolute Gasteiger partial charge is 0.493 e. The summed E-state index contributed by atoms with van der Waals surface area (Å²) in [5.74, 6) is 2.55. The Balaban J connectivity index is 2.56. The van der Waals surface area contributed by atoms with E-state index in [9.17, 15) is 0 Å². The van der Waals surface area contributed by atoms with Crippen LogP contribution in [0.2, 0.25) is 0 Å². The molecule has 4 heteroatoms. The van der Waals surface area contributed by atoms with Crippen molar-refractivity contribution >= 4 is 0 Å². The van der Waals surface area contributed by atoms with Crippen LogP contribution in [0.5, 0.6) is 11.5 Å². The van der Waals surface area contributed by atoms with E-state index in [0.717, 1.165) is 28.4 Å². The maximum absolute atomic E-state index is 5.36. The summed E-state index contributed by atoms with van der Waals surface area (Å²) in [7, 11) is 3.27. The summed E-state index contributed by atoms with van der Waals surface area (Å²) in [6.07, 6.45) is 1.87. The van der Waals surface area contributed by atoms with Gasteiger partial charge in [0.1, 0.15) is 5.82 Å². The van der Waals surface area contributed by atoms with E-state index in [-0.39, 0.29) is 0 Å². The fraction of sp³-hybridized carbons (Fsp3) is 0.375. The Morgan fingerprint density at radius 1 is 1.05 bits per heavy atom. The van der Waals surface area contributed by atoms with Gasteiger partial charge in [-0.15, -0.1) is 0 Å². The molecule has 106 valence electrons. The average Bonchev–Trinajstić information content (AvgIpc) is 2.46. The molecule has 0 saturated heterocycles. The number of hydrogen-bond donors (Lipinski definition) is 0. The molecule has 0 fully saturated rings. The third-order valence-corrected chi connectivity index (χ3v) is 3.18. The van der Waals surface area contributed by atoms with Gasteiger partial charge in [-0.3, -0.25) is 0 Å². The van der Waals surface area contributed by atoms with Gasteiger partial charge in [0.25, 0.3) is 0 Å². The standard InChI is InChI=1S/C16H20N2O2/c1-10(2)16-13(9-17-11(3)18-16)12-6-7-14(19-4)15(8-12)20-5/h6-10H,1-5H3. The summed E-state index contributed by atoms with van der Waals surface area (Å²) in [4.78, 5) is 8.88. The van der Waals surface area contributed by atoms with Crippen LogP contribution in [-0.4, -0.2) is 24.2 Å². The van der Waals surface area contributed by atoms with E-state index in [2.05, 4.69) is 23.8 Å². The second-order valence-electron chi connectivity index (χ2n) is 4.94. The van der Waals surface area contributed by atoms with Crippen LogP contribution in [0.15, 0.2) is 24.4 Å². The highest BCUT2D eigenvalue weighted by Crippen LogP contribution is 2.34. The zero-order valence-corrected chi connectivity index (χ0v) is 12.6. The Morgan fingerprint density at radius 2 is 1.75 bits per heavy atom. The van der Waals surface area contributed by atoms with Gasteiger partial charge in [-0.2, -0.15) is 0 Å². The highest BCUT2D eigenvalue weighted by Gasteiger charge is 2.13. The SMILES string of the molecule is COc1ccc(-c2cnc(C)nc2C(C)C)cc1OC. The summed E-state index contributed by atoms with van der Waals surface area (Å²) in [6, 6.07) is 5.86. The van der Waals surface area contributed by atoms with E-state index >= 15 is 0 Å². The van der Waals surface area contributed by atoms with E-state index in [4.69, 9.17) is 9.47 Å². The number of hydrogen-bond acceptors (Lipinski definition) is 4. The molecule has 0 saturated carbocycles. The minimum atomic E-state index is 0.333. The average molecular weight is 272 g/mol. The van der Waals surface area contributed by atoms with Gasteiger partial charge >= 0.3 is 0 Å². The fourth-order valence-corrected chi connectivity index (χ4v) is 2.15. The monoisotopic (exact) mass is 272 g/mol. The lowest BCUT2D eigenvalue weighted by atomic mass is 9.98. The van der Waals surface area contributed by atoms with Crippen LogP contribution in [0.25, 0.3) is 11.1 Å². The molecule has 20 heavy (non-hydrogen) atoms. The van der Waals surface area contributed by atoms with E-state index in [0.29, 0.717) is 11.7 Å². The van der Waals surface area contributed by atoms with Crippen LogP contribution < -0.4 is 9.47 Å². The first-order valence-electron chi connectivity index (χ1n) is 6.62. The third kappa shape index (κ3) is 2.74. The maximum Gasteiger partial charge on any atom is 0.161 e. The Labute approximate surface area is 119 Å². The van der Waals surface area contributed by atoms with Crippen LogP contribution in [0.3, 0.4) is 0 Å². The molecule has 0 radical (unpaired) electrons. The highest BCUT2D eigenvalue weighted by atomic mass is 16.5. The Bertz CT molecular complexity index is 609. The lowest BCUT2D eigenvalue weighted by Gasteiger charge is -2.14. The minimum Gasteiger partial charge on any atom is -0.493 e. The summed E-state index contributed by atoms with van der Waals surface area (Å²) in [6.45, 7) is 6.17. The zero-order chi connectivity index (χ0) is 14.7. The van der Waals surface area contributed by atoms with Gasteiger partial charge in [0, 0.05) is 11.8 Å². The Hall–Kier alpha value is -2.10. The van der Waals surface area contributed by atoms with Crippen molar-refractivity contribution in [1.29, 1.82) is 0 Å². The summed E-state index contributed by atoms with van der Waals surface area (Å²) >= 11 is 0.